The van der Waals surface area contributed by atoms with Crippen LogP contribution >= 0.6 is 0 Å². The van der Waals surface area contributed by atoms with E-state index in [9.17, 15) is 10.2 Å². The van der Waals surface area contributed by atoms with Crippen LogP contribution in [0.1, 0.15) is 24.8 Å². The van der Waals surface area contributed by atoms with Gasteiger partial charge < -0.3 is 14.9 Å². The van der Waals surface area contributed by atoms with Gasteiger partial charge in [0.2, 0.25) is 0 Å². The molecule has 4 nitrogen and oxygen atoms in total. The Kier molecular flexibility index (Phi) is 5.83. The van der Waals surface area contributed by atoms with E-state index in [1.807, 2.05) is 31.2 Å². The van der Waals surface area contributed by atoms with Crippen molar-refractivity contribution >= 4 is 0 Å². The second kappa shape index (κ2) is 7.62. The Hall–Kier alpha value is -1.10. The fourth-order valence-corrected chi connectivity index (χ4v) is 2.73. The van der Waals surface area contributed by atoms with Gasteiger partial charge >= 0.3 is 0 Å². The summed E-state index contributed by atoms with van der Waals surface area (Å²) in [5.41, 5.74) is 1.15. The summed E-state index contributed by atoms with van der Waals surface area (Å²) in [6, 6.07) is 8.02. The van der Waals surface area contributed by atoms with E-state index in [0.29, 0.717) is 6.54 Å². The van der Waals surface area contributed by atoms with Crippen LogP contribution in [0.15, 0.2) is 24.3 Å². The van der Waals surface area contributed by atoms with Crippen molar-refractivity contribution in [2.24, 2.45) is 0 Å². The highest BCUT2D eigenvalue weighted by atomic mass is 16.5. The zero-order valence-corrected chi connectivity index (χ0v) is 12.2. The second-order valence-corrected chi connectivity index (χ2v) is 5.61. The Bertz CT molecular complexity index is 410. The number of piperidine rings is 1. The molecule has 4 heteroatoms. The van der Waals surface area contributed by atoms with Crippen LogP contribution in [-0.4, -0.2) is 53.6 Å². The van der Waals surface area contributed by atoms with Crippen molar-refractivity contribution in [2.45, 2.75) is 38.3 Å². The molecule has 2 atom stereocenters. The third kappa shape index (κ3) is 4.47. The van der Waals surface area contributed by atoms with E-state index >= 15 is 0 Å². The highest BCUT2D eigenvalue weighted by Crippen LogP contribution is 2.17. The monoisotopic (exact) mass is 279 g/mol. The van der Waals surface area contributed by atoms with Gasteiger partial charge in [-0.2, -0.15) is 0 Å². The number of aliphatic hydroxyl groups excluding tert-OH is 2. The van der Waals surface area contributed by atoms with Gasteiger partial charge in [-0.05, 0) is 44.0 Å². The highest BCUT2D eigenvalue weighted by Gasteiger charge is 2.23. The molecule has 2 unspecified atom stereocenters. The molecule has 1 fully saturated rings. The second-order valence-electron chi connectivity index (χ2n) is 5.61. The maximum Gasteiger partial charge on any atom is 0.119 e. The Morgan fingerprint density at radius 1 is 1.40 bits per heavy atom. The van der Waals surface area contributed by atoms with E-state index in [-0.39, 0.29) is 19.3 Å². The number of aliphatic hydroxyl groups is 2. The third-order valence-electron chi connectivity index (χ3n) is 3.84. The van der Waals surface area contributed by atoms with Crippen LogP contribution in [0.3, 0.4) is 0 Å². The predicted molar refractivity (Wildman–Crippen MR) is 79.0 cm³/mol. The molecule has 1 aliphatic rings. The molecule has 2 N–H and O–H groups in total. The number of aryl methyl sites for hydroxylation is 1. The molecular formula is C16H25NO3. The molecule has 1 aromatic carbocycles. The van der Waals surface area contributed by atoms with Crippen LogP contribution in [0.25, 0.3) is 0 Å². The van der Waals surface area contributed by atoms with Crippen LogP contribution in [-0.2, 0) is 0 Å². The third-order valence-corrected chi connectivity index (χ3v) is 3.84. The lowest BCUT2D eigenvalue weighted by atomic mass is 10.0. The molecular weight excluding hydrogens is 254 g/mol. The zero-order valence-electron chi connectivity index (χ0n) is 12.2. The summed E-state index contributed by atoms with van der Waals surface area (Å²) < 4.78 is 5.62. The molecule has 0 bridgehead atoms. The minimum atomic E-state index is -0.525. The molecule has 1 heterocycles. The van der Waals surface area contributed by atoms with Gasteiger partial charge in [0.05, 0.1) is 6.61 Å². The van der Waals surface area contributed by atoms with Crippen LogP contribution in [0, 0.1) is 6.92 Å². The molecule has 1 aliphatic heterocycles. The van der Waals surface area contributed by atoms with E-state index < -0.39 is 6.10 Å². The molecule has 0 spiro atoms. The average molecular weight is 279 g/mol. The van der Waals surface area contributed by atoms with Gasteiger partial charge in [0.15, 0.2) is 0 Å². The molecule has 20 heavy (non-hydrogen) atoms. The van der Waals surface area contributed by atoms with Gasteiger partial charge in [-0.15, -0.1) is 0 Å². The maximum absolute atomic E-state index is 10.1. The predicted octanol–water partition coefficient (Wildman–Crippen LogP) is 1.58. The van der Waals surface area contributed by atoms with Gasteiger partial charge in [-0.1, -0.05) is 18.6 Å². The van der Waals surface area contributed by atoms with Crippen molar-refractivity contribution in [3.63, 3.8) is 0 Å². The standard InChI is InChI=1S/C16H25NO3/c1-13-5-4-7-16(9-13)20-12-15(19)10-17-8-3-2-6-14(17)11-18/h4-5,7,9,14-15,18-19H,2-3,6,8,10-12H2,1H3. The fourth-order valence-electron chi connectivity index (χ4n) is 2.73. The zero-order chi connectivity index (χ0) is 14.4. The van der Waals surface area contributed by atoms with Crippen molar-refractivity contribution in [1.82, 2.24) is 4.90 Å². The Morgan fingerprint density at radius 3 is 3.00 bits per heavy atom. The summed E-state index contributed by atoms with van der Waals surface area (Å²) >= 11 is 0. The average Bonchev–Trinajstić information content (AvgIpc) is 2.46. The van der Waals surface area contributed by atoms with Crippen molar-refractivity contribution in [1.29, 1.82) is 0 Å². The summed E-state index contributed by atoms with van der Waals surface area (Å²) in [7, 11) is 0. The highest BCUT2D eigenvalue weighted by molar-refractivity contribution is 5.27. The number of β-amino-alcohol motifs (C(OH)–C–C–N with tert-alkyl or cyclic N) is 1. The minimum absolute atomic E-state index is 0.172. The Morgan fingerprint density at radius 2 is 2.25 bits per heavy atom. The SMILES string of the molecule is Cc1cccc(OCC(O)CN2CCCCC2CO)c1. The molecule has 0 amide bonds. The maximum atomic E-state index is 10.1. The molecule has 0 aromatic heterocycles. The topological polar surface area (TPSA) is 52.9 Å². The number of likely N-dealkylation sites (tertiary alicyclic amines) is 1. The first-order valence-electron chi connectivity index (χ1n) is 7.41. The van der Waals surface area contributed by atoms with Crippen LogP contribution in [0.2, 0.25) is 0 Å². The van der Waals surface area contributed by atoms with Crippen molar-refractivity contribution in [3.8, 4) is 5.75 Å². The van der Waals surface area contributed by atoms with Gasteiger partial charge in [-0.25, -0.2) is 0 Å². The summed E-state index contributed by atoms with van der Waals surface area (Å²) in [5.74, 6) is 0.793. The number of rotatable bonds is 6. The smallest absolute Gasteiger partial charge is 0.119 e. The van der Waals surface area contributed by atoms with E-state index in [1.165, 1.54) is 0 Å². The van der Waals surface area contributed by atoms with E-state index in [2.05, 4.69) is 4.90 Å². The molecule has 2 rings (SSSR count). The largest absolute Gasteiger partial charge is 0.491 e. The molecule has 0 saturated carbocycles. The molecule has 112 valence electrons. The first-order valence-corrected chi connectivity index (χ1v) is 7.41. The molecule has 1 aromatic rings. The number of nitrogens with zero attached hydrogens (tertiary/aromatic N) is 1. The van der Waals surface area contributed by atoms with E-state index in [4.69, 9.17) is 4.74 Å². The summed E-state index contributed by atoms with van der Waals surface area (Å²) in [6.07, 6.45) is 2.80. The Labute approximate surface area is 121 Å². The van der Waals surface area contributed by atoms with Crippen LogP contribution in [0.4, 0.5) is 0 Å². The van der Waals surface area contributed by atoms with Gasteiger partial charge in [-0.3, -0.25) is 4.90 Å². The number of benzene rings is 1. The number of hydrogen-bond donors (Lipinski definition) is 2. The number of hydrogen-bond acceptors (Lipinski definition) is 4. The summed E-state index contributed by atoms with van der Waals surface area (Å²) in [6.45, 7) is 4.00. The summed E-state index contributed by atoms with van der Waals surface area (Å²) in [5, 5.41) is 19.5. The Balaban J connectivity index is 1.78. The van der Waals surface area contributed by atoms with Crippen LogP contribution in [0.5, 0.6) is 5.75 Å². The lowest BCUT2D eigenvalue weighted by Gasteiger charge is -2.35. The lowest BCUT2D eigenvalue weighted by molar-refractivity contribution is 0.0232. The summed E-state index contributed by atoms with van der Waals surface area (Å²) in [4.78, 5) is 2.17. The van der Waals surface area contributed by atoms with Gasteiger partial charge in [0.25, 0.3) is 0 Å². The number of ether oxygens (including phenoxy) is 1. The lowest BCUT2D eigenvalue weighted by Crippen LogP contribution is -2.46. The van der Waals surface area contributed by atoms with E-state index in [1.54, 1.807) is 0 Å². The van der Waals surface area contributed by atoms with Crippen molar-refractivity contribution in [2.75, 3.05) is 26.3 Å². The van der Waals surface area contributed by atoms with E-state index in [0.717, 1.165) is 37.1 Å². The first-order chi connectivity index (χ1) is 9.69. The quantitative estimate of drug-likeness (QED) is 0.830. The van der Waals surface area contributed by atoms with Crippen molar-refractivity contribution in [3.05, 3.63) is 29.8 Å². The normalized spacial score (nSPS) is 21.6. The van der Waals surface area contributed by atoms with Gasteiger partial charge in [0.1, 0.15) is 18.5 Å². The molecule has 0 aliphatic carbocycles. The van der Waals surface area contributed by atoms with Gasteiger partial charge in [0, 0.05) is 12.6 Å². The van der Waals surface area contributed by atoms with Crippen molar-refractivity contribution < 1.29 is 14.9 Å². The first kappa shape index (κ1) is 15.3. The molecule has 0 radical (unpaired) electrons. The molecule has 1 saturated heterocycles. The van der Waals surface area contributed by atoms with Crippen LogP contribution < -0.4 is 4.74 Å². The fraction of sp³-hybridized carbons (Fsp3) is 0.625. The minimum Gasteiger partial charge on any atom is -0.491 e.